The predicted molar refractivity (Wildman–Crippen MR) is 88.1 cm³/mol. The molecule has 0 amide bonds. The molecule has 0 aliphatic carbocycles. The van der Waals surface area contributed by atoms with Crippen LogP contribution in [0.5, 0.6) is 0 Å². The first-order valence-corrected chi connectivity index (χ1v) is 7.86. The molecule has 0 heterocycles. The fourth-order valence-electron chi connectivity index (χ4n) is 2.71. The molecule has 3 nitrogen and oxygen atoms in total. The van der Waals surface area contributed by atoms with Crippen molar-refractivity contribution in [2.24, 2.45) is 0 Å². The van der Waals surface area contributed by atoms with E-state index < -0.39 is 0 Å². The van der Waals surface area contributed by atoms with Gasteiger partial charge in [-0.05, 0) is 38.3 Å². The zero-order chi connectivity index (χ0) is 15.8. The molecule has 21 heavy (non-hydrogen) atoms. The van der Waals surface area contributed by atoms with Crippen molar-refractivity contribution in [2.45, 2.75) is 46.6 Å². The average Bonchev–Trinajstić information content (AvgIpc) is 2.48. The number of benzene rings is 1. The number of nitrogens with zero attached hydrogens (tertiary/aromatic N) is 1. The molecular weight excluding hydrogens is 262 g/mol. The highest BCUT2D eigenvalue weighted by atomic mass is 16.5. The van der Waals surface area contributed by atoms with Crippen molar-refractivity contribution in [1.82, 2.24) is 4.90 Å². The third kappa shape index (κ3) is 5.25. The van der Waals surface area contributed by atoms with Crippen LogP contribution in [0.4, 0.5) is 0 Å². The maximum atomic E-state index is 12.6. The van der Waals surface area contributed by atoms with Gasteiger partial charge in [-0.2, -0.15) is 0 Å². The van der Waals surface area contributed by atoms with Crippen molar-refractivity contribution < 1.29 is 9.53 Å². The molecule has 0 spiro atoms. The van der Waals surface area contributed by atoms with Crippen LogP contribution in [0.3, 0.4) is 0 Å². The number of hydrogen-bond donors (Lipinski definition) is 0. The normalized spacial score (nSPS) is 11.4. The topological polar surface area (TPSA) is 29.5 Å². The first-order chi connectivity index (χ1) is 10.0. The third-order valence-electron chi connectivity index (χ3n) is 4.08. The van der Waals surface area contributed by atoms with Gasteiger partial charge >= 0.3 is 0 Å². The summed E-state index contributed by atoms with van der Waals surface area (Å²) in [5.41, 5.74) is 3.04. The van der Waals surface area contributed by atoms with Crippen molar-refractivity contribution in [3.05, 3.63) is 34.9 Å². The number of ketones is 1. The molecule has 1 rings (SSSR count). The van der Waals surface area contributed by atoms with Crippen LogP contribution < -0.4 is 0 Å². The van der Waals surface area contributed by atoms with Crippen LogP contribution >= 0.6 is 0 Å². The maximum Gasteiger partial charge on any atom is 0.177 e. The number of Topliss-reactive ketones (excluding diaryl/α,β-unsaturated/α-hetero) is 1. The SMILES string of the molecule is CCC(CC)N(CCOC)CC(=O)c1cc(C)ccc1C. The van der Waals surface area contributed by atoms with Crippen LogP contribution in [0.1, 0.15) is 48.2 Å². The minimum atomic E-state index is 0.208. The van der Waals surface area contributed by atoms with Gasteiger partial charge in [0.2, 0.25) is 0 Å². The molecule has 0 aliphatic rings. The molecule has 0 bridgehead atoms. The van der Waals surface area contributed by atoms with Gasteiger partial charge in [-0.1, -0.05) is 31.5 Å². The third-order valence-corrected chi connectivity index (χ3v) is 4.08. The van der Waals surface area contributed by atoms with Gasteiger partial charge in [-0.15, -0.1) is 0 Å². The van der Waals surface area contributed by atoms with E-state index in [4.69, 9.17) is 4.74 Å². The van der Waals surface area contributed by atoms with Gasteiger partial charge in [0.05, 0.1) is 13.2 Å². The van der Waals surface area contributed by atoms with E-state index in [0.29, 0.717) is 19.2 Å². The van der Waals surface area contributed by atoms with Crippen LogP contribution in [0.15, 0.2) is 18.2 Å². The number of ether oxygens (including phenoxy) is 1. The van der Waals surface area contributed by atoms with E-state index >= 15 is 0 Å². The zero-order valence-electron chi connectivity index (χ0n) is 14.1. The van der Waals surface area contributed by atoms with Crippen LogP contribution in [0.2, 0.25) is 0 Å². The lowest BCUT2D eigenvalue weighted by atomic mass is 10.0. The van der Waals surface area contributed by atoms with E-state index in [9.17, 15) is 4.79 Å². The van der Waals surface area contributed by atoms with Gasteiger partial charge in [0.1, 0.15) is 0 Å². The number of hydrogen-bond acceptors (Lipinski definition) is 3. The molecule has 3 heteroatoms. The fraction of sp³-hybridized carbons (Fsp3) is 0.611. The molecule has 0 aromatic heterocycles. The largest absolute Gasteiger partial charge is 0.383 e. The Hall–Kier alpha value is -1.19. The molecule has 0 unspecified atom stereocenters. The van der Waals surface area contributed by atoms with Gasteiger partial charge in [-0.25, -0.2) is 0 Å². The Morgan fingerprint density at radius 3 is 2.48 bits per heavy atom. The van der Waals surface area contributed by atoms with Gasteiger partial charge in [0, 0.05) is 25.3 Å². The van der Waals surface area contributed by atoms with Crippen LogP contribution in [-0.2, 0) is 4.74 Å². The zero-order valence-corrected chi connectivity index (χ0v) is 14.1. The summed E-state index contributed by atoms with van der Waals surface area (Å²) in [6, 6.07) is 6.52. The van der Waals surface area contributed by atoms with Gasteiger partial charge in [0.15, 0.2) is 5.78 Å². The molecule has 1 aromatic rings. The lowest BCUT2D eigenvalue weighted by Gasteiger charge is -2.29. The summed E-state index contributed by atoms with van der Waals surface area (Å²) in [5.74, 6) is 0.208. The van der Waals surface area contributed by atoms with Crippen molar-refractivity contribution in [2.75, 3.05) is 26.8 Å². The monoisotopic (exact) mass is 291 g/mol. The van der Waals surface area contributed by atoms with Crippen LogP contribution in [0, 0.1) is 13.8 Å². The van der Waals surface area contributed by atoms with E-state index in [1.165, 1.54) is 0 Å². The molecule has 0 aliphatic heterocycles. The number of rotatable bonds is 9. The number of aryl methyl sites for hydroxylation is 2. The average molecular weight is 291 g/mol. The first-order valence-electron chi connectivity index (χ1n) is 7.86. The molecule has 0 saturated carbocycles. The summed E-state index contributed by atoms with van der Waals surface area (Å²) < 4.78 is 5.19. The number of methoxy groups -OCH3 is 1. The smallest absolute Gasteiger partial charge is 0.177 e. The summed E-state index contributed by atoms with van der Waals surface area (Å²) in [5, 5.41) is 0. The van der Waals surface area contributed by atoms with Gasteiger partial charge < -0.3 is 4.74 Å². The molecule has 0 atom stereocenters. The second-order valence-electron chi connectivity index (χ2n) is 5.68. The van der Waals surface area contributed by atoms with E-state index in [2.05, 4.69) is 24.8 Å². The Labute approximate surface area is 129 Å². The fourth-order valence-corrected chi connectivity index (χ4v) is 2.71. The number of carbonyl (C=O) groups excluding carboxylic acids is 1. The Morgan fingerprint density at radius 1 is 1.24 bits per heavy atom. The highest BCUT2D eigenvalue weighted by Gasteiger charge is 2.19. The second-order valence-corrected chi connectivity index (χ2v) is 5.68. The first kappa shape index (κ1) is 17.9. The molecule has 1 aromatic carbocycles. The second kappa shape index (κ2) is 8.96. The standard InChI is InChI=1S/C18H29NO2/c1-6-16(7-2)19(10-11-21-5)13-18(20)17-12-14(3)8-9-15(17)4/h8-9,12,16H,6-7,10-11,13H2,1-5H3. The Bertz CT molecular complexity index is 453. The number of carbonyl (C=O) groups is 1. The van der Waals surface area contributed by atoms with E-state index in [1.54, 1.807) is 7.11 Å². The molecule has 0 N–H and O–H groups in total. The summed E-state index contributed by atoms with van der Waals surface area (Å²) >= 11 is 0. The minimum Gasteiger partial charge on any atom is -0.383 e. The summed E-state index contributed by atoms with van der Waals surface area (Å²) in [6.07, 6.45) is 2.11. The Balaban J connectivity index is 2.86. The molecule has 118 valence electrons. The minimum absolute atomic E-state index is 0.208. The van der Waals surface area contributed by atoms with E-state index in [0.717, 1.165) is 36.1 Å². The molecule has 0 saturated heterocycles. The van der Waals surface area contributed by atoms with Crippen molar-refractivity contribution in [3.8, 4) is 0 Å². The maximum absolute atomic E-state index is 12.6. The quantitative estimate of drug-likeness (QED) is 0.651. The summed E-state index contributed by atoms with van der Waals surface area (Å²) in [6.45, 7) is 10.3. The van der Waals surface area contributed by atoms with E-state index in [-0.39, 0.29) is 5.78 Å². The van der Waals surface area contributed by atoms with Crippen molar-refractivity contribution >= 4 is 5.78 Å². The summed E-state index contributed by atoms with van der Waals surface area (Å²) in [7, 11) is 1.71. The predicted octanol–water partition coefficient (Wildman–Crippen LogP) is 3.62. The van der Waals surface area contributed by atoms with E-state index in [1.807, 2.05) is 26.0 Å². The molecule has 0 fully saturated rings. The van der Waals surface area contributed by atoms with Crippen molar-refractivity contribution in [1.29, 1.82) is 0 Å². The molecular formula is C18H29NO2. The molecule has 0 radical (unpaired) electrons. The Kier molecular flexibility index (Phi) is 7.62. The lowest BCUT2D eigenvalue weighted by Crippen LogP contribution is -2.40. The van der Waals surface area contributed by atoms with Gasteiger partial charge in [0.25, 0.3) is 0 Å². The van der Waals surface area contributed by atoms with Crippen LogP contribution in [-0.4, -0.2) is 43.5 Å². The van der Waals surface area contributed by atoms with Gasteiger partial charge in [-0.3, -0.25) is 9.69 Å². The Morgan fingerprint density at radius 2 is 1.90 bits per heavy atom. The lowest BCUT2D eigenvalue weighted by molar-refractivity contribution is 0.0811. The van der Waals surface area contributed by atoms with Crippen molar-refractivity contribution in [3.63, 3.8) is 0 Å². The summed E-state index contributed by atoms with van der Waals surface area (Å²) in [4.78, 5) is 14.9. The highest BCUT2D eigenvalue weighted by Crippen LogP contribution is 2.14. The highest BCUT2D eigenvalue weighted by molar-refractivity contribution is 5.99. The van der Waals surface area contributed by atoms with Crippen LogP contribution in [0.25, 0.3) is 0 Å².